The molecule has 1 heterocycles. The van der Waals surface area contributed by atoms with E-state index in [-0.39, 0.29) is 11.3 Å². The Morgan fingerprint density at radius 3 is 2.37 bits per heavy atom. The Balaban J connectivity index is 1.56. The van der Waals surface area contributed by atoms with Gasteiger partial charge in [-0.1, -0.05) is 12.1 Å². The van der Waals surface area contributed by atoms with Gasteiger partial charge in [0.1, 0.15) is 16.3 Å². The van der Waals surface area contributed by atoms with Crippen molar-refractivity contribution < 1.29 is 15.0 Å². The molecule has 1 aromatic heterocycles. The number of phenols is 1. The lowest BCUT2D eigenvalue weighted by atomic mass is 10.2. The van der Waals surface area contributed by atoms with E-state index in [0.29, 0.717) is 11.4 Å². The lowest BCUT2D eigenvalue weighted by Crippen LogP contribution is -1.95. The van der Waals surface area contributed by atoms with Crippen molar-refractivity contribution in [1.82, 2.24) is 4.98 Å². The van der Waals surface area contributed by atoms with Crippen molar-refractivity contribution in [2.45, 2.75) is 0 Å². The number of aromatic nitrogens is 1. The van der Waals surface area contributed by atoms with Crippen LogP contribution in [0.1, 0.15) is 10.4 Å². The van der Waals surface area contributed by atoms with Crippen LogP contribution < -0.4 is 0 Å². The highest BCUT2D eigenvalue weighted by Gasteiger charge is 2.10. The van der Waals surface area contributed by atoms with E-state index in [1.807, 2.05) is 48.5 Å². The van der Waals surface area contributed by atoms with Gasteiger partial charge in [0.05, 0.1) is 21.6 Å². The Hall–Kier alpha value is -3.58. The second-order valence-corrected chi connectivity index (χ2v) is 6.77. The molecule has 132 valence electrons. The molecule has 0 amide bonds. The maximum atomic E-state index is 11.0. The van der Waals surface area contributed by atoms with Crippen molar-refractivity contribution in [1.29, 1.82) is 0 Å². The van der Waals surface area contributed by atoms with Crippen molar-refractivity contribution in [2.24, 2.45) is 10.2 Å². The first kappa shape index (κ1) is 16.9. The molecule has 7 heteroatoms. The van der Waals surface area contributed by atoms with Gasteiger partial charge in [-0.2, -0.15) is 10.2 Å². The molecule has 0 radical (unpaired) electrons. The highest BCUT2D eigenvalue weighted by Crippen LogP contribution is 2.31. The minimum atomic E-state index is -1.22. The zero-order chi connectivity index (χ0) is 18.8. The number of aromatic carboxylic acids is 1. The van der Waals surface area contributed by atoms with Gasteiger partial charge in [0.2, 0.25) is 0 Å². The average Bonchev–Trinajstić information content (AvgIpc) is 3.12. The van der Waals surface area contributed by atoms with Gasteiger partial charge in [-0.3, -0.25) is 0 Å². The van der Waals surface area contributed by atoms with Crippen LogP contribution in [0.25, 0.3) is 20.8 Å². The Morgan fingerprint density at radius 1 is 0.926 bits per heavy atom. The van der Waals surface area contributed by atoms with Crippen molar-refractivity contribution >= 4 is 38.9 Å². The number of hydrogen-bond acceptors (Lipinski definition) is 6. The zero-order valence-corrected chi connectivity index (χ0v) is 14.7. The summed E-state index contributed by atoms with van der Waals surface area (Å²) in [6, 6.07) is 19.5. The molecule has 0 unspecified atom stereocenters. The number of fused-ring (bicyclic) bond motifs is 1. The van der Waals surface area contributed by atoms with Gasteiger partial charge in [0, 0.05) is 5.56 Å². The van der Waals surface area contributed by atoms with Gasteiger partial charge < -0.3 is 10.2 Å². The summed E-state index contributed by atoms with van der Waals surface area (Å²) in [6.45, 7) is 0. The molecule has 2 N–H and O–H groups in total. The van der Waals surface area contributed by atoms with Crippen LogP contribution >= 0.6 is 11.3 Å². The number of benzene rings is 3. The van der Waals surface area contributed by atoms with E-state index in [4.69, 9.17) is 5.11 Å². The quantitative estimate of drug-likeness (QED) is 0.442. The van der Waals surface area contributed by atoms with Crippen LogP contribution in [-0.2, 0) is 0 Å². The van der Waals surface area contributed by atoms with Gasteiger partial charge in [-0.25, -0.2) is 9.78 Å². The first-order valence-corrected chi connectivity index (χ1v) is 8.86. The summed E-state index contributed by atoms with van der Waals surface area (Å²) in [4.78, 5) is 15.7. The molecule has 0 saturated heterocycles. The lowest BCUT2D eigenvalue weighted by molar-refractivity contribution is 0.0694. The third-order valence-corrected chi connectivity index (χ3v) is 4.99. The highest BCUT2D eigenvalue weighted by atomic mass is 32.1. The Labute approximate surface area is 158 Å². The van der Waals surface area contributed by atoms with Gasteiger partial charge in [-0.15, -0.1) is 11.3 Å². The summed E-state index contributed by atoms with van der Waals surface area (Å²) in [7, 11) is 0. The number of carboxylic acid groups (broad SMARTS) is 1. The Bertz CT molecular complexity index is 1130. The molecule has 6 nitrogen and oxygen atoms in total. The van der Waals surface area contributed by atoms with Gasteiger partial charge in [-0.05, 0) is 54.6 Å². The summed E-state index contributed by atoms with van der Waals surface area (Å²) in [5.41, 5.74) is 2.73. The van der Waals surface area contributed by atoms with Gasteiger partial charge in [0.15, 0.2) is 0 Å². The number of rotatable bonds is 4. The SMILES string of the molecule is O=C(O)c1cc(/N=N/c2ccc(-c3nc4ccccc4s3)cc2)ccc1O. The minimum absolute atomic E-state index is 0.211. The Kier molecular flexibility index (Phi) is 4.35. The number of carbonyl (C=O) groups is 1. The first-order valence-electron chi connectivity index (χ1n) is 8.04. The van der Waals surface area contributed by atoms with E-state index >= 15 is 0 Å². The van der Waals surface area contributed by atoms with E-state index in [9.17, 15) is 9.90 Å². The molecule has 4 rings (SSSR count). The molecule has 0 aliphatic heterocycles. The number of azo groups is 1. The molecule has 0 bridgehead atoms. The molecular weight excluding hydrogens is 362 g/mol. The van der Waals surface area contributed by atoms with Crippen LogP contribution in [0.15, 0.2) is 77.0 Å². The number of aromatic hydroxyl groups is 1. The smallest absolute Gasteiger partial charge is 0.339 e. The van der Waals surface area contributed by atoms with Crippen molar-refractivity contribution in [2.75, 3.05) is 0 Å². The molecule has 27 heavy (non-hydrogen) atoms. The fourth-order valence-electron chi connectivity index (χ4n) is 2.54. The lowest BCUT2D eigenvalue weighted by Gasteiger charge is -2.00. The van der Waals surface area contributed by atoms with Crippen LogP contribution in [0.5, 0.6) is 5.75 Å². The topological polar surface area (TPSA) is 95.1 Å². The first-order chi connectivity index (χ1) is 13.1. The summed E-state index contributed by atoms with van der Waals surface area (Å²) in [6.07, 6.45) is 0. The number of nitrogens with zero attached hydrogens (tertiary/aromatic N) is 3. The van der Waals surface area contributed by atoms with Crippen LogP contribution in [0.2, 0.25) is 0 Å². The van der Waals surface area contributed by atoms with Crippen molar-refractivity contribution in [3.05, 3.63) is 72.3 Å². The van der Waals surface area contributed by atoms with E-state index < -0.39 is 5.97 Å². The molecule has 0 fully saturated rings. The molecule has 4 aromatic rings. The summed E-state index contributed by atoms with van der Waals surface area (Å²) in [5.74, 6) is -1.52. The largest absolute Gasteiger partial charge is 0.507 e. The normalized spacial score (nSPS) is 11.3. The molecule has 0 aliphatic carbocycles. The van der Waals surface area contributed by atoms with Crippen LogP contribution in [-0.4, -0.2) is 21.2 Å². The third kappa shape index (κ3) is 3.54. The molecular formula is C20H13N3O3S. The zero-order valence-electron chi connectivity index (χ0n) is 13.9. The van der Waals surface area contributed by atoms with Crippen molar-refractivity contribution in [3.63, 3.8) is 0 Å². The van der Waals surface area contributed by atoms with Crippen molar-refractivity contribution in [3.8, 4) is 16.3 Å². The maximum absolute atomic E-state index is 11.0. The van der Waals surface area contributed by atoms with Gasteiger partial charge in [0.25, 0.3) is 0 Å². The van der Waals surface area contributed by atoms with Crippen LogP contribution in [0, 0.1) is 0 Å². The second kappa shape index (κ2) is 6.97. The van der Waals surface area contributed by atoms with E-state index in [1.165, 1.54) is 18.2 Å². The predicted molar refractivity (Wildman–Crippen MR) is 104 cm³/mol. The van der Waals surface area contributed by atoms with E-state index in [0.717, 1.165) is 20.8 Å². The molecule has 0 aliphatic rings. The van der Waals surface area contributed by atoms with Crippen LogP contribution in [0.3, 0.4) is 0 Å². The fraction of sp³-hybridized carbons (Fsp3) is 0. The van der Waals surface area contributed by atoms with Gasteiger partial charge >= 0.3 is 5.97 Å². The molecule has 0 spiro atoms. The average molecular weight is 375 g/mol. The highest BCUT2D eigenvalue weighted by molar-refractivity contribution is 7.21. The summed E-state index contributed by atoms with van der Waals surface area (Å²) >= 11 is 1.63. The standard InChI is InChI=1S/C20H13N3O3S/c24-17-10-9-14(11-15(17)20(25)26)23-22-13-7-5-12(6-8-13)19-21-16-3-1-2-4-18(16)27-19/h1-11,24H,(H,25,26)/b23-22+. The van der Waals surface area contributed by atoms with E-state index in [2.05, 4.69) is 15.2 Å². The Morgan fingerprint density at radius 2 is 1.63 bits per heavy atom. The number of para-hydroxylation sites is 1. The van der Waals surface area contributed by atoms with Crippen LogP contribution in [0.4, 0.5) is 11.4 Å². The second-order valence-electron chi connectivity index (χ2n) is 5.74. The molecule has 3 aromatic carbocycles. The predicted octanol–water partition coefficient (Wildman–Crippen LogP) is 5.78. The number of hydrogen-bond donors (Lipinski definition) is 2. The minimum Gasteiger partial charge on any atom is -0.507 e. The summed E-state index contributed by atoms with van der Waals surface area (Å²) < 4.78 is 1.14. The molecule has 0 atom stereocenters. The number of thiazole rings is 1. The molecule has 0 saturated carbocycles. The third-order valence-electron chi connectivity index (χ3n) is 3.90. The number of carboxylic acids is 1. The monoisotopic (exact) mass is 375 g/mol. The maximum Gasteiger partial charge on any atom is 0.339 e. The van der Waals surface area contributed by atoms with E-state index in [1.54, 1.807) is 11.3 Å². The fourth-order valence-corrected chi connectivity index (χ4v) is 3.51. The summed E-state index contributed by atoms with van der Waals surface area (Å²) in [5, 5.41) is 27.6.